The number of ether oxygens (including phenoxy) is 2. The Balaban J connectivity index is 1.63. The van der Waals surface area contributed by atoms with E-state index in [1.165, 1.54) is 31.5 Å². The summed E-state index contributed by atoms with van der Waals surface area (Å²) in [6.07, 6.45) is 5.25. The Morgan fingerprint density at radius 2 is 2.00 bits per heavy atom. The molecule has 0 unspecified atom stereocenters. The standard InChI is InChI=1S/C18H28N2O2/c1-19-12-14-10-16(11-14)22-17-7-5-6-15(18(17)21-2)13-20-8-3-4-9-20/h5-7,14,16,19H,3-4,8-13H2,1-2H3. The summed E-state index contributed by atoms with van der Waals surface area (Å²) >= 11 is 0. The van der Waals surface area contributed by atoms with E-state index in [0.29, 0.717) is 6.10 Å². The molecule has 0 radical (unpaired) electrons. The van der Waals surface area contributed by atoms with E-state index < -0.39 is 0 Å². The van der Waals surface area contributed by atoms with E-state index >= 15 is 0 Å². The molecule has 0 bridgehead atoms. The third-order valence-electron chi connectivity index (χ3n) is 4.84. The zero-order chi connectivity index (χ0) is 15.4. The van der Waals surface area contributed by atoms with Crippen molar-refractivity contribution in [3.63, 3.8) is 0 Å². The maximum atomic E-state index is 6.18. The predicted molar refractivity (Wildman–Crippen MR) is 88.6 cm³/mol. The summed E-state index contributed by atoms with van der Waals surface area (Å²) in [6, 6.07) is 6.29. The van der Waals surface area contributed by atoms with Crippen molar-refractivity contribution in [2.24, 2.45) is 5.92 Å². The Labute approximate surface area is 133 Å². The van der Waals surface area contributed by atoms with Crippen molar-refractivity contribution < 1.29 is 9.47 Å². The van der Waals surface area contributed by atoms with Crippen molar-refractivity contribution in [1.29, 1.82) is 0 Å². The lowest BCUT2D eigenvalue weighted by Crippen LogP contribution is -2.38. The van der Waals surface area contributed by atoms with Gasteiger partial charge in [-0.15, -0.1) is 0 Å². The summed E-state index contributed by atoms with van der Waals surface area (Å²) < 4.78 is 11.8. The van der Waals surface area contributed by atoms with Crippen LogP contribution in [0.5, 0.6) is 11.5 Å². The van der Waals surface area contributed by atoms with Gasteiger partial charge in [0, 0.05) is 12.1 Å². The van der Waals surface area contributed by atoms with Gasteiger partial charge in [-0.05, 0) is 64.3 Å². The number of para-hydroxylation sites is 1. The lowest BCUT2D eigenvalue weighted by atomic mass is 9.82. The van der Waals surface area contributed by atoms with E-state index in [2.05, 4.69) is 22.3 Å². The van der Waals surface area contributed by atoms with E-state index in [-0.39, 0.29) is 0 Å². The first kappa shape index (κ1) is 15.6. The van der Waals surface area contributed by atoms with E-state index in [1.807, 2.05) is 13.1 Å². The Hall–Kier alpha value is -1.26. The van der Waals surface area contributed by atoms with Crippen LogP contribution in [0.15, 0.2) is 18.2 Å². The smallest absolute Gasteiger partial charge is 0.165 e. The third kappa shape index (κ3) is 3.55. The second kappa shape index (κ2) is 7.34. The number of likely N-dealkylation sites (tertiary alicyclic amines) is 1. The summed E-state index contributed by atoms with van der Waals surface area (Å²) in [5, 5.41) is 3.24. The fraction of sp³-hybridized carbons (Fsp3) is 0.667. The van der Waals surface area contributed by atoms with Gasteiger partial charge < -0.3 is 14.8 Å². The van der Waals surface area contributed by atoms with Gasteiger partial charge in [0.15, 0.2) is 11.5 Å². The molecule has 2 aliphatic rings. The van der Waals surface area contributed by atoms with Gasteiger partial charge >= 0.3 is 0 Å². The van der Waals surface area contributed by atoms with Gasteiger partial charge in [0.25, 0.3) is 0 Å². The van der Waals surface area contributed by atoms with Gasteiger partial charge in [-0.1, -0.05) is 12.1 Å². The largest absolute Gasteiger partial charge is 0.493 e. The van der Waals surface area contributed by atoms with Crippen molar-refractivity contribution in [3.05, 3.63) is 23.8 Å². The minimum absolute atomic E-state index is 0.342. The number of benzene rings is 1. The zero-order valence-electron chi connectivity index (χ0n) is 13.8. The number of nitrogens with zero attached hydrogens (tertiary/aromatic N) is 1. The van der Waals surface area contributed by atoms with Crippen LogP contribution in [-0.4, -0.2) is 44.8 Å². The van der Waals surface area contributed by atoms with Crippen molar-refractivity contribution in [3.8, 4) is 11.5 Å². The van der Waals surface area contributed by atoms with Crippen molar-refractivity contribution >= 4 is 0 Å². The van der Waals surface area contributed by atoms with Crippen LogP contribution in [0.1, 0.15) is 31.2 Å². The predicted octanol–water partition coefficient (Wildman–Crippen LogP) is 2.67. The van der Waals surface area contributed by atoms with Gasteiger partial charge in [0.05, 0.1) is 13.2 Å². The number of methoxy groups -OCH3 is 1. The first-order chi connectivity index (χ1) is 10.8. The molecule has 1 aliphatic heterocycles. The highest BCUT2D eigenvalue weighted by molar-refractivity contribution is 5.46. The van der Waals surface area contributed by atoms with Crippen LogP contribution in [0, 0.1) is 5.92 Å². The molecule has 1 heterocycles. The van der Waals surface area contributed by atoms with Crippen molar-refractivity contribution in [1.82, 2.24) is 10.2 Å². The summed E-state index contributed by atoms with van der Waals surface area (Å²) in [5.41, 5.74) is 1.24. The van der Waals surface area contributed by atoms with Crippen molar-refractivity contribution in [2.75, 3.05) is 33.8 Å². The quantitative estimate of drug-likeness (QED) is 0.840. The molecular weight excluding hydrogens is 276 g/mol. The normalized spacial score (nSPS) is 25.0. The molecule has 1 saturated carbocycles. The second-order valence-corrected chi connectivity index (χ2v) is 6.57. The molecule has 0 spiro atoms. The SMILES string of the molecule is CNCC1CC(Oc2cccc(CN3CCCC3)c2OC)C1. The monoisotopic (exact) mass is 304 g/mol. The molecule has 22 heavy (non-hydrogen) atoms. The highest BCUT2D eigenvalue weighted by Crippen LogP contribution is 2.37. The first-order valence-electron chi connectivity index (χ1n) is 8.49. The molecule has 122 valence electrons. The molecule has 1 saturated heterocycles. The van der Waals surface area contributed by atoms with Crippen LogP contribution in [0.4, 0.5) is 0 Å². The summed E-state index contributed by atoms with van der Waals surface area (Å²) in [5.74, 6) is 2.59. The van der Waals surface area contributed by atoms with Gasteiger partial charge in [-0.2, -0.15) is 0 Å². The van der Waals surface area contributed by atoms with Crippen LogP contribution in [-0.2, 0) is 6.54 Å². The fourth-order valence-electron chi connectivity index (χ4n) is 3.60. The van der Waals surface area contributed by atoms with Crippen molar-refractivity contribution in [2.45, 2.75) is 38.3 Å². The highest BCUT2D eigenvalue weighted by Gasteiger charge is 2.31. The third-order valence-corrected chi connectivity index (χ3v) is 4.84. The topological polar surface area (TPSA) is 33.7 Å². The minimum Gasteiger partial charge on any atom is -0.493 e. The van der Waals surface area contributed by atoms with Crippen LogP contribution in [0.25, 0.3) is 0 Å². The maximum absolute atomic E-state index is 6.18. The summed E-state index contributed by atoms with van der Waals surface area (Å²) in [4.78, 5) is 2.49. The molecule has 1 aromatic carbocycles. The molecule has 1 N–H and O–H groups in total. The first-order valence-corrected chi connectivity index (χ1v) is 8.49. The van der Waals surface area contributed by atoms with Gasteiger partial charge in [-0.3, -0.25) is 4.90 Å². The summed E-state index contributed by atoms with van der Waals surface area (Å²) in [6.45, 7) is 4.45. The number of hydrogen-bond acceptors (Lipinski definition) is 4. The minimum atomic E-state index is 0.342. The summed E-state index contributed by atoms with van der Waals surface area (Å²) in [7, 11) is 3.76. The van der Waals surface area contributed by atoms with Crippen LogP contribution >= 0.6 is 0 Å². The fourth-order valence-corrected chi connectivity index (χ4v) is 3.60. The average Bonchev–Trinajstić information content (AvgIpc) is 2.98. The van der Waals surface area contributed by atoms with E-state index in [1.54, 1.807) is 7.11 Å². The van der Waals surface area contributed by atoms with Gasteiger partial charge in [0.1, 0.15) is 0 Å². The molecule has 4 heteroatoms. The second-order valence-electron chi connectivity index (χ2n) is 6.57. The highest BCUT2D eigenvalue weighted by atomic mass is 16.5. The molecule has 2 fully saturated rings. The van der Waals surface area contributed by atoms with Gasteiger partial charge in [-0.25, -0.2) is 0 Å². The Bertz CT molecular complexity index is 480. The van der Waals surface area contributed by atoms with E-state index in [9.17, 15) is 0 Å². The molecule has 4 nitrogen and oxygen atoms in total. The van der Waals surface area contributed by atoms with Crippen LogP contribution < -0.4 is 14.8 Å². The van der Waals surface area contributed by atoms with E-state index in [0.717, 1.165) is 43.3 Å². The molecule has 0 atom stereocenters. The maximum Gasteiger partial charge on any atom is 0.165 e. The lowest BCUT2D eigenvalue weighted by Gasteiger charge is -2.35. The molecule has 1 aromatic rings. The molecule has 3 rings (SSSR count). The Kier molecular flexibility index (Phi) is 5.21. The van der Waals surface area contributed by atoms with Crippen LogP contribution in [0.2, 0.25) is 0 Å². The molecule has 1 aliphatic carbocycles. The Morgan fingerprint density at radius 3 is 2.68 bits per heavy atom. The number of nitrogens with one attached hydrogen (secondary N) is 1. The zero-order valence-corrected chi connectivity index (χ0v) is 13.8. The van der Waals surface area contributed by atoms with E-state index in [4.69, 9.17) is 9.47 Å². The average molecular weight is 304 g/mol. The van der Waals surface area contributed by atoms with Crippen LogP contribution in [0.3, 0.4) is 0 Å². The molecular formula is C18H28N2O2. The molecule has 0 aromatic heterocycles. The number of rotatable bonds is 7. The number of hydrogen-bond donors (Lipinski definition) is 1. The lowest BCUT2D eigenvalue weighted by molar-refractivity contribution is 0.0630. The van der Waals surface area contributed by atoms with Gasteiger partial charge in [0.2, 0.25) is 0 Å². The Morgan fingerprint density at radius 1 is 1.23 bits per heavy atom. The molecule has 0 amide bonds.